The molecule has 0 saturated carbocycles. The Kier molecular flexibility index (Phi) is 5.03. The molecule has 0 aliphatic carbocycles. The fraction of sp³-hybridized carbons (Fsp3) is 0.609. The van der Waals surface area contributed by atoms with E-state index in [1.54, 1.807) is 11.3 Å². The summed E-state index contributed by atoms with van der Waals surface area (Å²) in [5.41, 5.74) is 2.42. The first-order valence-electron chi connectivity index (χ1n) is 10.1. The number of hydrogen-bond donors (Lipinski definition) is 0. The molecule has 0 atom stereocenters. The Morgan fingerprint density at radius 3 is 2.32 bits per heavy atom. The zero-order valence-corrected chi connectivity index (χ0v) is 20.9. The molecule has 0 saturated heterocycles. The Morgan fingerprint density at radius 1 is 1.11 bits per heavy atom. The molecule has 1 aliphatic heterocycles. The molecule has 3 nitrogen and oxygen atoms in total. The second kappa shape index (κ2) is 6.59. The molecule has 0 bridgehead atoms. The highest BCUT2D eigenvalue weighted by atomic mass is 32.1. The van der Waals surface area contributed by atoms with Crippen LogP contribution in [0.3, 0.4) is 0 Å². The van der Waals surface area contributed by atoms with Crippen molar-refractivity contribution in [2.24, 2.45) is 10.8 Å². The predicted octanol–water partition coefficient (Wildman–Crippen LogP) is 7.49. The van der Waals surface area contributed by atoms with Gasteiger partial charge in [-0.15, -0.1) is 11.3 Å². The molecular formula is C23H35NO2SSi. The summed E-state index contributed by atoms with van der Waals surface area (Å²) in [6.07, 6.45) is 0. The molecule has 0 fully saturated rings. The standard InChI is InChI=1S/C23H35NO2SSi/c1-21(2,3)19-18(25-14-23(19,7)8)20-24-16-13-15(11-12-17(16)27-20)26-28(9,10)22(4,5)6/h11-13H,14H2,1-10H3. The molecule has 154 valence electrons. The number of hydrogen-bond acceptors (Lipinski definition) is 4. The van der Waals surface area contributed by atoms with Crippen LogP contribution in [0.15, 0.2) is 23.8 Å². The minimum absolute atomic E-state index is 0.0298. The van der Waals surface area contributed by atoms with Crippen LogP contribution in [0.1, 0.15) is 60.4 Å². The Bertz CT molecular complexity index is 926. The van der Waals surface area contributed by atoms with Gasteiger partial charge in [0.05, 0.1) is 16.8 Å². The molecule has 3 rings (SSSR count). The minimum Gasteiger partial charge on any atom is -0.543 e. The average Bonchev–Trinajstić information content (AvgIpc) is 3.04. The molecule has 2 aromatic rings. The SMILES string of the molecule is CC(C)(C)C1=C(c2nc3cc(O[Si](C)(C)C(C)(C)C)ccc3s2)OCC1(C)C. The Morgan fingerprint density at radius 2 is 1.75 bits per heavy atom. The van der Waals surface area contributed by atoms with Gasteiger partial charge in [0.15, 0.2) is 10.8 Å². The average molecular weight is 418 g/mol. The van der Waals surface area contributed by atoms with E-state index in [1.807, 2.05) is 0 Å². The van der Waals surface area contributed by atoms with Crippen LogP contribution in [-0.2, 0) is 4.74 Å². The largest absolute Gasteiger partial charge is 0.543 e. The second-order valence-corrected chi connectivity index (χ2v) is 16.9. The van der Waals surface area contributed by atoms with Gasteiger partial charge in [0.1, 0.15) is 5.75 Å². The summed E-state index contributed by atoms with van der Waals surface area (Å²) >= 11 is 1.71. The van der Waals surface area contributed by atoms with Crippen molar-refractivity contribution in [1.29, 1.82) is 0 Å². The molecular weight excluding hydrogens is 382 g/mol. The molecule has 5 heteroatoms. The van der Waals surface area contributed by atoms with E-state index >= 15 is 0 Å². The van der Waals surface area contributed by atoms with E-state index in [4.69, 9.17) is 14.1 Å². The van der Waals surface area contributed by atoms with Crippen molar-refractivity contribution in [1.82, 2.24) is 4.98 Å². The van der Waals surface area contributed by atoms with Gasteiger partial charge in [-0.25, -0.2) is 4.98 Å². The number of rotatable bonds is 3. The van der Waals surface area contributed by atoms with Gasteiger partial charge in [-0.3, -0.25) is 0 Å². The van der Waals surface area contributed by atoms with E-state index in [0.717, 1.165) is 22.0 Å². The van der Waals surface area contributed by atoms with Crippen LogP contribution >= 0.6 is 11.3 Å². The van der Waals surface area contributed by atoms with Crippen molar-refractivity contribution in [3.8, 4) is 5.75 Å². The topological polar surface area (TPSA) is 31.4 Å². The number of ether oxygens (including phenoxy) is 1. The van der Waals surface area contributed by atoms with E-state index < -0.39 is 8.32 Å². The highest BCUT2D eigenvalue weighted by Gasteiger charge is 2.42. The third kappa shape index (κ3) is 3.88. The summed E-state index contributed by atoms with van der Waals surface area (Å²) in [6.45, 7) is 23.4. The van der Waals surface area contributed by atoms with E-state index in [9.17, 15) is 0 Å². The normalized spacial score (nSPS) is 17.9. The molecule has 28 heavy (non-hydrogen) atoms. The molecule has 1 aromatic carbocycles. The predicted molar refractivity (Wildman–Crippen MR) is 124 cm³/mol. The lowest BCUT2D eigenvalue weighted by Crippen LogP contribution is -2.43. The highest BCUT2D eigenvalue weighted by Crippen LogP contribution is 2.50. The lowest BCUT2D eigenvalue weighted by molar-refractivity contribution is 0.213. The van der Waals surface area contributed by atoms with Gasteiger partial charge in [-0.2, -0.15) is 0 Å². The van der Waals surface area contributed by atoms with Gasteiger partial charge in [-0.05, 0) is 41.3 Å². The van der Waals surface area contributed by atoms with Crippen LogP contribution in [0.2, 0.25) is 18.1 Å². The summed E-state index contributed by atoms with van der Waals surface area (Å²) in [5, 5.41) is 1.15. The molecule has 0 N–H and O–H groups in total. The maximum Gasteiger partial charge on any atom is 0.250 e. The number of nitrogens with zero attached hydrogens (tertiary/aromatic N) is 1. The molecule has 0 unspecified atom stereocenters. The van der Waals surface area contributed by atoms with Crippen molar-refractivity contribution >= 4 is 35.6 Å². The van der Waals surface area contributed by atoms with Gasteiger partial charge in [-0.1, -0.05) is 55.4 Å². The van der Waals surface area contributed by atoms with Gasteiger partial charge < -0.3 is 9.16 Å². The fourth-order valence-electron chi connectivity index (χ4n) is 3.74. The maximum atomic E-state index is 6.48. The van der Waals surface area contributed by atoms with Gasteiger partial charge in [0.2, 0.25) is 8.32 Å². The minimum atomic E-state index is -1.87. The van der Waals surface area contributed by atoms with Crippen LogP contribution in [0.5, 0.6) is 5.75 Å². The van der Waals surface area contributed by atoms with E-state index in [-0.39, 0.29) is 15.9 Å². The smallest absolute Gasteiger partial charge is 0.250 e. The van der Waals surface area contributed by atoms with E-state index in [2.05, 4.69) is 86.7 Å². The number of thiazole rings is 1. The van der Waals surface area contributed by atoms with Gasteiger partial charge >= 0.3 is 0 Å². The molecule has 2 heterocycles. The van der Waals surface area contributed by atoms with E-state index in [0.29, 0.717) is 6.61 Å². The van der Waals surface area contributed by atoms with Crippen LogP contribution in [0.25, 0.3) is 16.0 Å². The van der Waals surface area contributed by atoms with Crippen molar-refractivity contribution in [3.63, 3.8) is 0 Å². The number of benzene rings is 1. The molecule has 0 radical (unpaired) electrons. The van der Waals surface area contributed by atoms with Crippen molar-refractivity contribution in [3.05, 3.63) is 28.8 Å². The molecule has 1 aliphatic rings. The lowest BCUT2D eigenvalue weighted by Gasteiger charge is -2.36. The van der Waals surface area contributed by atoms with Gasteiger partial charge in [0, 0.05) is 11.5 Å². The third-order valence-electron chi connectivity index (χ3n) is 5.96. The first-order valence-corrected chi connectivity index (χ1v) is 13.8. The quantitative estimate of drug-likeness (QED) is 0.485. The fourth-order valence-corrected chi connectivity index (χ4v) is 5.72. The van der Waals surface area contributed by atoms with Crippen LogP contribution in [-0.4, -0.2) is 19.9 Å². The van der Waals surface area contributed by atoms with Crippen molar-refractivity contribution < 1.29 is 9.16 Å². The maximum absolute atomic E-state index is 6.48. The van der Waals surface area contributed by atoms with Crippen LogP contribution in [0.4, 0.5) is 0 Å². The number of fused-ring (bicyclic) bond motifs is 1. The van der Waals surface area contributed by atoms with Crippen LogP contribution in [0, 0.1) is 10.8 Å². The number of aromatic nitrogens is 1. The lowest BCUT2D eigenvalue weighted by atomic mass is 9.72. The molecule has 0 amide bonds. The zero-order valence-electron chi connectivity index (χ0n) is 19.1. The summed E-state index contributed by atoms with van der Waals surface area (Å²) in [4.78, 5) is 4.95. The van der Waals surface area contributed by atoms with Crippen molar-refractivity contribution in [2.75, 3.05) is 6.61 Å². The van der Waals surface area contributed by atoms with E-state index in [1.165, 1.54) is 10.3 Å². The summed E-state index contributed by atoms with van der Waals surface area (Å²) in [7, 11) is -1.87. The van der Waals surface area contributed by atoms with Crippen molar-refractivity contribution in [2.45, 2.75) is 73.5 Å². The highest BCUT2D eigenvalue weighted by molar-refractivity contribution is 7.19. The summed E-state index contributed by atoms with van der Waals surface area (Å²) in [6, 6.07) is 6.31. The molecule has 1 aromatic heterocycles. The first-order chi connectivity index (χ1) is 12.6. The van der Waals surface area contributed by atoms with Gasteiger partial charge in [0.25, 0.3) is 0 Å². The molecule has 0 spiro atoms. The Labute approximate surface area is 175 Å². The Hall–Kier alpha value is -1.33. The monoisotopic (exact) mass is 417 g/mol. The first kappa shape index (κ1) is 21.4. The summed E-state index contributed by atoms with van der Waals surface area (Å²) in [5.74, 6) is 1.90. The third-order valence-corrected chi connectivity index (χ3v) is 11.4. The van der Waals surface area contributed by atoms with Crippen LogP contribution < -0.4 is 4.43 Å². The Balaban J connectivity index is 2.02. The second-order valence-electron chi connectivity index (χ2n) is 11.1. The summed E-state index contributed by atoms with van der Waals surface area (Å²) < 4.78 is 13.8. The zero-order chi connectivity index (χ0) is 21.1.